The Hall–Kier alpha value is -2.76. The van der Waals surface area contributed by atoms with Gasteiger partial charge in [-0.3, -0.25) is 4.79 Å². The Morgan fingerprint density at radius 2 is 1.92 bits per heavy atom. The minimum Gasteiger partial charge on any atom is -0.356 e. The van der Waals surface area contributed by atoms with Crippen molar-refractivity contribution >= 4 is 11.7 Å². The average molecular weight is 351 g/mol. The molecule has 26 heavy (non-hydrogen) atoms. The van der Waals surface area contributed by atoms with E-state index in [-0.39, 0.29) is 12.3 Å². The third kappa shape index (κ3) is 4.07. The van der Waals surface area contributed by atoms with Crippen molar-refractivity contribution in [3.05, 3.63) is 58.7 Å². The molecule has 0 bridgehead atoms. The Kier molecular flexibility index (Phi) is 5.61. The third-order valence-corrected chi connectivity index (χ3v) is 4.49. The summed E-state index contributed by atoms with van der Waals surface area (Å²) in [5, 5.41) is 7.40. The lowest BCUT2D eigenvalue weighted by Crippen LogP contribution is -2.26. The van der Waals surface area contributed by atoms with Crippen LogP contribution in [-0.2, 0) is 17.6 Å². The minimum absolute atomic E-state index is 0.0479. The van der Waals surface area contributed by atoms with Crippen molar-refractivity contribution in [1.82, 2.24) is 24.9 Å². The molecule has 0 aliphatic heterocycles. The molecule has 3 aromatic rings. The van der Waals surface area contributed by atoms with Gasteiger partial charge in [-0.25, -0.2) is 9.50 Å². The third-order valence-electron chi connectivity index (χ3n) is 4.49. The largest absolute Gasteiger partial charge is 0.356 e. The monoisotopic (exact) mass is 351 g/mol. The predicted octanol–water partition coefficient (Wildman–Crippen LogP) is 2.79. The van der Waals surface area contributed by atoms with E-state index in [1.54, 1.807) is 4.52 Å². The second-order valence-corrected chi connectivity index (χ2v) is 6.54. The van der Waals surface area contributed by atoms with Crippen LogP contribution in [0.3, 0.4) is 0 Å². The Balaban J connectivity index is 1.83. The highest BCUT2D eigenvalue weighted by Crippen LogP contribution is 2.18. The van der Waals surface area contributed by atoms with E-state index in [2.05, 4.69) is 39.4 Å². The van der Waals surface area contributed by atoms with Crippen molar-refractivity contribution in [3.8, 4) is 0 Å². The molecule has 0 aliphatic carbocycles. The van der Waals surface area contributed by atoms with E-state index < -0.39 is 0 Å². The highest BCUT2D eigenvalue weighted by molar-refractivity contribution is 5.77. The molecule has 6 heteroatoms. The van der Waals surface area contributed by atoms with E-state index in [0.717, 1.165) is 36.2 Å². The van der Waals surface area contributed by atoms with Gasteiger partial charge in [0.25, 0.3) is 5.78 Å². The fourth-order valence-corrected chi connectivity index (χ4v) is 2.99. The predicted molar refractivity (Wildman–Crippen MR) is 101 cm³/mol. The van der Waals surface area contributed by atoms with Gasteiger partial charge >= 0.3 is 0 Å². The Bertz CT molecular complexity index is 901. The maximum Gasteiger partial charge on any atom is 0.252 e. The summed E-state index contributed by atoms with van der Waals surface area (Å²) in [5.41, 5.74) is 4.34. The normalized spacial score (nSPS) is 11.0. The van der Waals surface area contributed by atoms with Crippen LogP contribution in [0, 0.1) is 13.8 Å². The van der Waals surface area contributed by atoms with Gasteiger partial charge in [0, 0.05) is 24.4 Å². The first-order valence-corrected chi connectivity index (χ1v) is 9.10. The summed E-state index contributed by atoms with van der Waals surface area (Å²) in [7, 11) is 0. The van der Waals surface area contributed by atoms with Gasteiger partial charge in [0.05, 0.1) is 6.42 Å². The molecule has 2 heterocycles. The fourth-order valence-electron chi connectivity index (χ4n) is 2.99. The maximum absolute atomic E-state index is 12.0. The molecule has 1 amide bonds. The number of hydrogen-bond acceptors (Lipinski definition) is 4. The number of benzene rings is 1. The molecule has 0 fully saturated rings. The quantitative estimate of drug-likeness (QED) is 0.665. The number of aromatic nitrogens is 4. The zero-order valence-electron chi connectivity index (χ0n) is 15.6. The molecule has 1 N–H and O–H groups in total. The smallest absolute Gasteiger partial charge is 0.252 e. The first-order chi connectivity index (χ1) is 12.6. The summed E-state index contributed by atoms with van der Waals surface area (Å²) in [5.74, 6) is 1.01. The van der Waals surface area contributed by atoms with Crippen LogP contribution >= 0.6 is 0 Å². The fraction of sp³-hybridized carbons (Fsp3) is 0.400. The van der Waals surface area contributed by atoms with E-state index in [4.69, 9.17) is 0 Å². The summed E-state index contributed by atoms with van der Waals surface area (Å²) in [6.45, 7) is 6.82. The van der Waals surface area contributed by atoms with Crippen LogP contribution < -0.4 is 5.32 Å². The van der Waals surface area contributed by atoms with Crippen LogP contribution in [-0.4, -0.2) is 32.0 Å². The number of fused-ring (bicyclic) bond motifs is 1. The van der Waals surface area contributed by atoms with Gasteiger partial charge in [-0.15, -0.1) is 5.10 Å². The lowest BCUT2D eigenvalue weighted by atomic mass is 10.0. The SMILES string of the molecule is CCCCNC(=O)Cc1nc2nc(C)c(Cc3ccccc3)c(C)n2n1. The number of nitrogens with one attached hydrogen (secondary N) is 1. The van der Waals surface area contributed by atoms with E-state index in [9.17, 15) is 4.79 Å². The lowest BCUT2D eigenvalue weighted by molar-refractivity contribution is -0.120. The number of amides is 1. The molecule has 0 atom stereocenters. The molecule has 1 aromatic carbocycles. The minimum atomic E-state index is -0.0479. The van der Waals surface area contributed by atoms with Crippen molar-refractivity contribution in [2.24, 2.45) is 0 Å². The molecule has 0 saturated carbocycles. The second-order valence-electron chi connectivity index (χ2n) is 6.54. The van der Waals surface area contributed by atoms with Crippen LogP contribution in [0.1, 0.15) is 48.1 Å². The van der Waals surface area contributed by atoms with Gasteiger partial charge in [0.1, 0.15) is 0 Å². The van der Waals surface area contributed by atoms with Crippen LogP contribution in [0.5, 0.6) is 0 Å². The highest BCUT2D eigenvalue weighted by atomic mass is 16.1. The molecule has 3 rings (SSSR count). The van der Waals surface area contributed by atoms with E-state index in [1.807, 2.05) is 32.0 Å². The number of carbonyl (C=O) groups excluding carboxylic acids is 1. The van der Waals surface area contributed by atoms with Crippen molar-refractivity contribution < 1.29 is 4.79 Å². The molecule has 6 nitrogen and oxygen atoms in total. The zero-order chi connectivity index (χ0) is 18.5. The van der Waals surface area contributed by atoms with Crippen LogP contribution in [0.15, 0.2) is 30.3 Å². The number of rotatable bonds is 7. The van der Waals surface area contributed by atoms with Gasteiger partial charge in [-0.1, -0.05) is 43.7 Å². The maximum atomic E-state index is 12.0. The second kappa shape index (κ2) is 8.08. The number of aryl methyl sites for hydroxylation is 2. The number of unbranched alkanes of at least 4 members (excludes halogenated alkanes) is 1. The van der Waals surface area contributed by atoms with Gasteiger partial charge in [0.15, 0.2) is 5.82 Å². The topological polar surface area (TPSA) is 72.2 Å². The lowest BCUT2D eigenvalue weighted by Gasteiger charge is -2.10. The molecule has 2 aromatic heterocycles. The standard InChI is InChI=1S/C20H25N5O/c1-4-5-11-21-19(26)13-18-23-20-22-14(2)17(15(3)25(20)24-18)12-16-9-7-6-8-10-16/h6-10H,4-5,11-13H2,1-3H3,(H,21,26). The molecular weight excluding hydrogens is 326 g/mol. The summed E-state index contributed by atoms with van der Waals surface area (Å²) in [6, 6.07) is 10.3. The summed E-state index contributed by atoms with van der Waals surface area (Å²) >= 11 is 0. The molecule has 136 valence electrons. The van der Waals surface area contributed by atoms with Gasteiger partial charge in [0.2, 0.25) is 5.91 Å². The highest BCUT2D eigenvalue weighted by Gasteiger charge is 2.15. The molecular formula is C20H25N5O. The number of nitrogens with zero attached hydrogens (tertiary/aromatic N) is 4. The van der Waals surface area contributed by atoms with Crippen LogP contribution in [0.4, 0.5) is 0 Å². The van der Waals surface area contributed by atoms with Crippen LogP contribution in [0.2, 0.25) is 0 Å². The first kappa shape index (κ1) is 18.0. The Morgan fingerprint density at radius 3 is 2.65 bits per heavy atom. The summed E-state index contributed by atoms with van der Waals surface area (Å²) in [4.78, 5) is 21.0. The zero-order valence-corrected chi connectivity index (χ0v) is 15.6. The Labute approximate surface area is 153 Å². The molecule has 0 unspecified atom stereocenters. The van der Waals surface area contributed by atoms with Gasteiger partial charge < -0.3 is 5.32 Å². The Morgan fingerprint density at radius 1 is 1.15 bits per heavy atom. The van der Waals surface area contributed by atoms with Gasteiger partial charge in [-0.05, 0) is 31.4 Å². The van der Waals surface area contributed by atoms with Crippen molar-refractivity contribution in [1.29, 1.82) is 0 Å². The molecule has 0 saturated heterocycles. The summed E-state index contributed by atoms with van der Waals surface area (Å²) < 4.78 is 1.75. The number of carbonyl (C=O) groups is 1. The molecule has 0 spiro atoms. The van der Waals surface area contributed by atoms with Crippen molar-refractivity contribution in [3.63, 3.8) is 0 Å². The van der Waals surface area contributed by atoms with Crippen molar-refractivity contribution in [2.75, 3.05) is 6.54 Å². The van der Waals surface area contributed by atoms with Crippen LogP contribution in [0.25, 0.3) is 5.78 Å². The first-order valence-electron chi connectivity index (χ1n) is 9.10. The summed E-state index contributed by atoms with van der Waals surface area (Å²) in [6.07, 6.45) is 3.01. The van der Waals surface area contributed by atoms with E-state index in [0.29, 0.717) is 18.1 Å². The van der Waals surface area contributed by atoms with E-state index in [1.165, 1.54) is 5.56 Å². The average Bonchev–Trinajstić information content (AvgIpc) is 3.02. The molecule has 0 aliphatic rings. The van der Waals surface area contributed by atoms with E-state index >= 15 is 0 Å². The molecule has 0 radical (unpaired) electrons. The van der Waals surface area contributed by atoms with Crippen molar-refractivity contribution in [2.45, 2.75) is 46.5 Å². The number of hydrogen-bond donors (Lipinski definition) is 1. The van der Waals surface area contributed by atoms with Gasteiger partial charge in [-0.2, -0.15) is 4.98 Å².